The summed E-state index contributed by atoms with van der Waals surface area (Å²) in [7, 11) is -1.20. The van der Waals surface area contributed by atoms with Crippen LogP contribution in [0.3, 0.4) is 0 Å². The number of rotatable bonds is 3. The van der Waals surface area contributed by atoms with Gasteiger partial charge in [0.05, 0.1) is 12.7 Å². The summed E-state index contributed by atoms with van der Waals surface area (Å²) in [6.45, 7) is 8.80. The molecule has 1 aliphatic rings. The molecular formula is C11H20O2Si. The second-order valence-corrected chi connectivity index (χ2v) is 9.92. The summed E-state index contributed by atoms with van der Waals surface area (Å²) in [4.78, 5) is 0. The van der Waals surface area contributed by atoms with E-state index in [1.807, 2.05) is 6.92 Å². The van der Waals surface area contributed by atoms with Gasteiger partial charge < -0.3 is 9.84 Å². The Balaban J connectivity index is 2.21. The summed E-state index contributed by atoms with van der Waals surface area (Å²) in [6, 6.07) is 0. The number of epoxide rings is 1. The van der Waals surface area contributed by atoms with Crippen LogP contribution in [0.15, 0.2) is 0 Å². The number of ether oxygens (including phenoxy) is 1. The Morgan fingerprint density at radius 3 is 2.50 bits per heavy atom. The van der Waals surface area contributed by atoms with Crippen LogP contribution in [-0.4, -0.2) is 31.5 Å². The van der Waals surface area contributed by atoms with E-state index < -0.39 is 8.07 Å². The zero-order valence-electron chi connectivity index (χ0n) is 9.55. The lowest BCUT2D eigenvalue weighted by molar-refractivity contribution is 0.184. The van der Waals surface area contributed by atoms with Crippen LogP contribution >= 0.6 is 0 Å². The molecule has 0 spiro atoms. The van der Waals surface area contributed by atoms with Crippen LogP contribution in [0.1, 0.15) is 19.8 Å². The monoisotopic (exact) mass is 212 g/mol. The molecule has 0 saturated carbocycles. The average Bonchev–Trinajstić information content (AvgIpc) is 2.71. The first kappa shape index (κ1) is 11.8. The van der Waals surface area contributed by atoms with Crippen molar-refractivity contribution >= 4 is 8.07 Å². The zero-order valence-corrected chi connectivity index (χ0v) is 10.6. The summed E-state index contributed by atoms with van der Waals surface area (Å²) >= 11 is 0. The van der Waals surface area contributed by atoms with Gasteiger partial charge in [0, 0.05) is 6.42 Å². The first-order valence-electron chi connectivity index (χ1n) is 5.16. The number of hydrogen-bond acceptors (Lipinski definition) is 2. The molecule has 0 aromatic rings. The molecule has 1 saturated heterocycles. The smallest absolute Gasteiger partial charge is 0.129 e. The molecule has 0 unspecified atom stereocenters. The van der Waals surface area contributed by atoms with Crippen LogP contribution in [0.5, 0.6) is 0 Å². The second-order valence-electron chi connectivity index (χ2n) is 5.17. The third-order valence-corrected chi connectivity index (χ3v) is 3.27. The van der Waals surface area contributed by atoms with Gasteiger partial charge in [0.25, 0.3) is 0 Å². The molecule has 80 valence electrons. The van der Waals surface area contributed by atoms with Crippen molar-refractivity contribution < 1.29 is 9.84 Å². The fourth-order valence-corrected chi connectivity index (χ4v) is 1.98. The SMILES string of the molecule is C[C@@]1(CO)O[C@H]1CCC#C[Si](C)(C)C. The minimum absolute atomic E-state index is 0.124. The molecule has 1 aliphatic heterocycles. The van der Waals surface area contributed by atoms with Gasteiger partial charge in [-0.1, -0.05) is 19.6 Å². The van der Waals surface area contributed by atoms with Gasteiger partial charge in [-0.3, -0.25) is 0 Å². The fraction of sp³-hybridized carbons (Fsp3) is 0.818. The van der Waals surface area contributed by atoms with Crippen LogP contribution in [0.2, 0.25) is 19.6 Å². The summed E-state index contributed by atoms with van der Waals surface area (Å²) < 4.78 is 5.38. The van der Waals surface area contributed by atoms with E-state index in [2.05, 4.69) is 31.1 Å². The molecule has 1 heterocycles. The quantitative estimate of drug-likeness (QED) is 0.439. The Morgan fingerprint density at radius 1 is 1.43 bits per heavy atom. The minimum Gasteiger partial charge on any atom is -0.393 e. The number of aliphatic hydroxyl groups is 1. The van der Waals surface area contributed by atoms with Crippen molar-refractivity contribution in [2.24, 2.45) is 0 Å². The minimum atomic E-state index is -1.20. The molecule has 1 N–H and O–H groups in total. The highest BCUT2D eigenvalue weighted by Gasteiger charge is 2.50. The van der Waals surface area contributed by atoms with Crippen LogP contribution in [-0.2, 0) is 4.74 Å². The van der Waals surface area contributed by atoms with Gasteiger partial charge >= 0.3 is 0 Å². The van der Waals surface area contributed by atoms with E-state index in [9.17, 15) is 0 Å². The third kappa shape index (κ3) is 3.45. The van der Waals surface area contributed by atoms with Crippen LogP contribution in [0.4, 0.5) is 0 Å². The molecule has 1 fully saturated rings. The molecule has 0 aliphatic carbocycles. The van der Waals surface area contributed by atoms with E-state index in [0.717, 1.165) is 12.8 Å². The molecule has 1 rings (SSSR count). The van der Waals surface area contributed by atoms with E-state index in [1.54, 1.807) is 0 Å². The maximum atomic E-state index is 8.97. The lowest BCUT2D eigenvalue weighted by atomic mass is 10.1. The van der Waals surface area contributed by atoms with Crippen molar-refractivity contribution in [2.75, 3.05) is 6.61 Å². The van der Waals surface area contributed by atoms with Crippen molar-refractivity contribution in [2.45, 2.75) is 51.1 Å². The van der Waals surface area contributed by atoms with Gasteiger partial charge in [0.1, 0.15) is 13.7 Å². The Bertz CT molecular complexity index is 259. The normalized spacial score (nSPS) is 30.8. The maximum Gasteiger partial charge on any atom is 0.129 e. The van der Waals surface area contributed by atoms with Crippen LogP contribution in [0.25, 0.3) is 0 Å². The molecule has 0 bridgehead atoms. The first-order valence-corrected chi connectivity index (χ1v) is 8.66. The lowest BCUT2D eigenvalue weighted by Crippen LogP contribution is -2.16. The Morgan fingerprint density at radius 2 is 2.07 bits per heavy atom. The Kier molecular flexibility index (Phi) is 3.41. The summed E-state index contributed by atoms with van der Waals surface area (Å²) in [5, 5.41) is 8.97. The van der Waals surface area contributed by atoms with E-state index in [4.69, 9.17) is 9.84 Å². The highest BCUT2D eigenvalue weighted by Crippen LogP contribution is 2.38. The molecule has 0 radical (unpaired) electrons. The highest BCUT2D eigenvalue weighted by atomic mass is 28.3. The van der Waals surface area contributed by atoms with E-state index in [-0.39, 0.29) is 18.3 Å². The van der Waals surface area contributed by atoms with Gasteiger partial charge in [0.2, 0.25) is 0 Å². The van der Waals surface area contributed by atoms with E-state index in [0.29, 0.717) is 0 Å². The third-order valence-electron chi connectivity index (χ3n) is 2.34. The van der Waals surface area contributed by atoms with Crippen molar-refractivity contribution in [3.8, 4) is 11.5 Å². The molecule has 3 heteroatoms. The molecule has 2 atom stereocenters. The molecule has 0 amide bonds. The van der Waals surface area contributed by atoms with Gasteiger partial charge in [-0.2, -0.15) is 0 Å². The average molecular weight is 212 g/mol. The van der Waals surface area contributed by atoms with Crippen molar-refractivity contribution in [3.05, 3.63) is 0 Å². The predicted octanol–water partition coefficient (Wildman–Crippen LogP) is 1.80. The van der Waals surface area contributed by atoms with E-state index in [1.165, 1.54) is 0 Å². The number of hydrogen-bond donors (Lipinski definition) is 1. The highest BCUT2D eigenvalue weighted by molar-refractivity contribution is 6.83. The Hall–Kier alpha value is -0.303. The van der Waals surface area contributed by atoms with Gasteiger partial charge in [0.15, 0.2) is 0 Å². The second kappa shape index (κ2) is 4.06. The van der Waals surface area contributed by atoms with Crippen molar-refractivity contribution in [1.82, 2.24) is 0 Å². The van der Waals surface area contributed by atoms with Crippen LogP contribution in [0, 0.1) is 11.5 Å². The molecular weight excluding hydrogens is 192 g/mol. The molecule has 14 heavy (non-hydrogen) atoms. The fourth-order valence-electron chi connectivity index (χ4n) is 1.33. The standard InChI is InChI=1S/C11H20O2Si/c1-11(9-12)10(13-11)7-5-6-8-14(2,3)4/h10,12H,5,7,9H2,1-4H3/t10-,11-/m0/s1. The molecule has 0 aromatic heterocycles. The van der Waals surface area contributed by atoms with E-state index >= 15 is 0 Å². The van der Waals surface area contributed by atoms with Gasteiger partial charge in [-0.25, -0.2) is 0 Å². The van der Waals surface area contributed by atoms with Gasteiger partial charge in [-0.15, -0.1) is 11.5 Å². The van der Waals surface area contributed by atoms with Gasteiger partial charge in [-0.05, 0) is 13.3 Å². The van der Waals surface area contributed by atoms with Crippen molar-refractivity contribution in [1.29, 1.82) is 0 Å². The first-order chi connectivity index (χ1) is 6.37. The Labute approximate surface area is 87.7 Å². The molecule has 0 aromatic carbocycles. The van der Waals surface area contributed by atoms with Crippen molar-refractivity contribution in [3.63, 3.8) is 0 Å². The number of aliphatic hydroxyl groups excluding tert-OH is 1. The van der Waals surface area contributed by atoms with Crippen LogP contribution < -0.4 is 0 Å². The maximum absolute atomic E-state index is 8.97. The summed E-state index contributed by atoms with van der Waals surface area (Å²) in [5.74, 6) is 3.21. The summed E-state index contributed by atoms with van der Waals surface area (Å²) in [6.07, 6.45) is 2.07. The molecule has 2 nitrogen and oxygen atoms in total. The predicted molar refractivity (Wildman–Crippen MR) is 60.7 cm³/mol. The lowest BCUT2D eigenvalue weighted by Gasteiger charge is -2.03. The summed E-state index contributed by atoms with van der Waals surface area (Å²) in [5.41, 5.74) is 3.06. The zero-order chi connectivity index (χ0) is 10.8. The largest absolute Gasteiger partial charge is 0.393 e. The topological polar surface area (TPSA) is 32.8 Å².